The van der Waals surface area contributed by atoms with Gasteiger partial charge < -0.3 is 4.57 Å². The molecular formula is C13H11Cl2NOS. The molecule has 0 aliphatic heterocycles. The third kappa shape index (κ3) is 3.31. The fourth-order valence-electron chi connectivity index (χ4n) is 1.47. The van der Waals surface area contributed by atoms with Gasteiger partial charge in [-0.1, -0.05) is 23.2 Å². The van der Waals surface area contributed by atoms with E-state index in [0.717, 1.165) is 10.5 Å². The van der Waals surface area contributed by atoms with Crippen molar-refractivity contribution in [1.82, 2.24) is 4.57 Å². The van der Waals surface area contributed by atoms with Gasteiger partial charge in [-0.3, -0.25) is 4.79 Å². The Balaban J connectivity index is 1.99. The molecular weight excluding hydrogens is 289 g/mol. The monoisotopic (exact) mass is 299 g/mol. The van der Waals surface area contributed by atoms with Gasteiger partial charge in [-0.25, -0.2) is 0 Å². The van der Waals surface area contributed by atoms with Crippen LogP contribution in [0.25, 0.3) is 0 Å². The predicted molar refractivity (Wildman–Crippen MR) is 76.9 cm³/mol. The maximum absolute atomic E-state index is 11.9. The molecule has 2 rings (SSSR count). The summed E-state index contributed by atoms with van der Waals surface area (Å²) in [5.74, 6) is 0.494. The highest BCUT2D eigenvalue weighted by Gasteiger charge is 2.08. The Kier molecular flexibility index (Phi) is 4.38. The van der Waals surface area contributed by atoms with Crippen molar-refractivity contribution in [3.05, 3.63) is 52.3 Å². The Morgan fingerprint density at radius 3 is 2.67 bits per heavy atom. The Morgan fingerprint density at radius 2 is 2.06 bits per heavy atom. The van der Waals surface area contributed by atoms with Crippen molar-refractivity contribution in [2.24, 2.45) is 7.05 Å². The van der Waals surface area contributed by atoms with E-state index in [-0.39, 0.29) is 5.78 Å². The molecule has 5 heteroatoms. The molecule has 94 valence electrons. The maximum atomic E-state index is 11.9. The molecule has 18 heavy (non-hydrogen) atoms. The van der Waals surface area contributed by atoms with Crippen LogP contribution in [0.4, 0.5) is 0 Å². The molecule has 0 unspecified atom stereocenters. The quantitative estimate of drug-likeness (QED) is 0.620. The molecule has 0 saturated heterocycles. The topological polar surface area (TPSA) is 22.0 Å². The minimum atomic E-state index is 0.103. The van der Waals surface area contributed by atoms with E-state index in [4.69, 9.17) is 23.2 Å². The van der Waals surface area contributed by atoms with E-state index in [1.165, 1.54) is 11.8 Å². The lowest BCUT2D eigenvalue weighted by Gasteiger charge is -2.02. The van der Waals surface area contributed by atoms with Crippen LogP contribution in [0.15, 0.2) is 41.6 Å². The Hall–Kier alpha value is -0.900. The predicted octanol–water partition coefficient (Wildman–Crippen LogP) is 4.31. The first-order chi connectivity index (χ1) is 8.56. The molecule has 1 aromatic heterocycles. The third-order valence-corrected chi connectivity index (χ3v) is 4.15. The zero-order valence-electron chi connectivity index (χ0n) is 9.69. The largest absolute Gasteiger partial charge is 0.357 e. The highest BCUT2D eigenvalue weighted by Crippen LogP contribution is 2.28. The molecule has 0 saturated carbocycles. The standard InChI is InChI=1S/C13H11Cl2NOS/c1-16-5-4-9(7-16)13(17)8-18-10-2-3-11(14)12(15)6-10/h2-7H,8H2,1H3. The second-order valence-electron chi connectivity index (χ2n) is 3.85. The molecule has 0 radical (unpaired) electrons. The summed E-state index contributed by atoms with van der Waals surface area (Å²) in [5, 5.41) is 1.03. The lowest BCUT2D eigenvalue weighted by Crippen LogP contribution is -2.00. The number of nitrogens with zero attached hydrogens (tertiary/aromatic N) is 1. The molecule has 0 spiro atoms. The van der Waals surface area contributed by atoms with Crippen LogP contribution in [-0.4, -0.2) is 16.1 Å². The van der Waals surface area contributed by atoms with E-state index in [9.17, 15) is 4.79 Å². The van der Waals surface area contributed by atoms with Crippen LogP contribution in [-0.2, 0) is 7.05 Å². The van der Waals surface area contributed by atoms with Crippen molar-refractivity contribution in [3.8, 4) is 0 Å². The number of carbonyl (C=O) groups is 1. The Bertz CT molecular complexity index is 580. The molecule has 0 amide bonds. The molecule has 0 aliphatic carbocycles. The number of thioether (sulfide) groups is 1. The van der Waals surface area contributed by atoms with Gasteiger partial charge in [0.15, 0.2) is 5.78 Å². The van der Waals surface area contributed by atoms with Crippen LogP contribution < -0.4 is 0 Å². The fourth-order valence-corrected chi connectivity index (χ4v) is 2.66. The van der Waals surface area contributed by atoms with Crippen molar-refractivity contribution in [1.29, 1.82) is 0 Å². The number of halogens is 2. The van der Waals surface area contributed by atoms with Gasteiger partial charge in [0.1, 0.15) is 0 Å². The minimum Gasteiger partial charge on any atom is -0.357 e. The number of benzene rings is 1. The van der Waals surface area contributed by atoms with Crippen LogP contribution in [0.2, 0.25) is 10.0 Å². The lowest BCUT2D eigenvalue weighted by atomic mass is 10.2. The number of aromatic nitrogens is 1. The summed E-state index contributed by atoms with van der Waals surface area (Å²) < 4.78 is 1.86. The number of aryl methyl sites for hydroxylation is 1. The molecule has 2 aromatic rings. The van der Waals surface area contributed by atoms with Gasteiger partial charge >= 0.3 is 0 Å². The van der Waals surface area contributed by atoms with Crippen LogP contribution in [0.3, 0.4) is 0 Å². The van der Waals surface area contributed by atoms with Gasteiger partial charge in [-0.15, -0.1) is 11.8 Å². The summed E-state index contributed by atoms with van der Waals surface area (Å²) >= 11 is 13.2. The van der Waals surface area contributed by atoms with Gasteiger partial charge in [-0.05, 0) is 24.3 Å². The smallest absolute Gasteiger partial charge is 0.174 e. The highest BCUT2D eigenvalue weighted by atomic mass is 35.5. The van der Waals surface area contributed by atoms with E-state index >= 15 is 0 Å². The number of carbonyl (C=O) groups excluding carboxylic acids is 1. The fraction of sp³-hybridized carbons (Fsp3) is 0.154. The van der Waals surface area contributed by atoms with Gasteiger partial charge in [0.25, 0.3) is 0 Å². The summed E-state index contributed by atoms with van der Waals surface area (Å²) in [4.78, 5) is 12.8. The number of hydrogen-bond acceptors (Lipinski definition) is 2. The molecule has 2 nitrogen and oxygen atoms in total. The summed E-state index contributed by atoms with van der Waals surface area (Å²) in [7, 11) is 1.89. The van der Waals surface area contributed by atoms with Crippen molar-refractivity contribution in [3.63, 3.8) is 0 Å². The summed E-state index contributed by atoms with van der Waals surface area (Å²) in [5.41, 5.74) is 0.727. The zero-order valence-corrected chi connectivity index (χ0v) is 12.0. The van der Waals surface area contributed by atoms with Crippen molar-refractivity contribution < 1.29 is 4.79 Å². The van der Waals surface area contributed by atoms with Crippen molar-refractivity contribution in [2.75, 3.05) is 5.75 Å². The van der Waals surface area contributed by atoms with E-state index in [1.54, 1.807) is 12.1 Å². The normalized spacial score (nSPS) is 10.6. The Labute approximate surface area is 120 Å². The lowest BCUT2D eigenvalue weighted by molar-refractivity contribution is 0.102. The SMILES string of the molecule is Cn1ccc(C(=O)CSc2ccc(Cl)c(Cl)c2)c1. The van der Waals surface area contributed by atoms with Crippen LogP contribution in [0.5, 0.6) is 0 Å². The molecule has 0 atom stereocenters. The maximum Gasteiger partial charge on any atom is 0.174 e. The average Bonchev–Trinajstić information content (AvgIpc) is 2.77. The number of rotatable bonds is 4. The zero-order chi connectivity index (χ0) is 13.1. The van der Waals surface area contributed by atoms with Gasteiger partial charge in [0, 0.05) is 29.9 Å². The molecule has 1 aromatic carbocycles. The molecule has 0 fully saturated rings. The first-order valence-electron chi connectivity index (χ1n) is 5.29. The second kappa shape index (κ2) is 5.83. The van der Waals surface area contributed by atoms with Gasteiger partial charge in [0.2, 0.25) is 0 Å². The first-order valence-corrected chi connectivity index (χ1v) is 7.03. The van der Waals surface area contributed by atoms with Gasteiger partial charge in [-0.2, -0.15) is 0 Å². The van der Waals surface area contributed by atoms with E-state index < -0.39 is 0 Å². The number of hydrogen-bond donors (Lipinski definition) is 0. The molecule has 0 bridgehead atoms. The summed E-state index contributed by atoms with van der Waals surface area (Å²) in [6.07, 6.45) is 3.68. The van der Waals surface area contributed by atoms with E-state index in [2.05, 4.69) is 0 Å². The second-order valence-corrected chi connectivity index (χ2v) is 5.72. The van der Waals surface area contributed by atoms with E-state index in [1.807, 2.05) is 36.1 Å². The highest BCUT2D eigenvalue weighted by molar-refractivity contribution is 8.00. The van der Waals surface area contributed by atoms with Crippen molar-refractivity contribution >= 4 is 40.7 Å². The average molecular weight is 300 g/mol. The Morgan fingerprint density at radius 1 is 1.28 bits per heavy atom. The van der Waals surface area contributed by atoms with Crippen LogP contribution in [0, 0.1) is 0 Å². The molecule has 0 aliphatic rings. The van der Waals surface area contributed by atoms with E-state index in [0.29, 0.717) is 15.8 Å². The number of ketones is 1. The van der Waals surface area contributed by atoms with Crippen molar-refractivity contribution in [2.45, 2.75) is 4.90 Å². The van der Waals surface area contributed by atoms with Gasteiger partial charge in [0.05, 0.1) is 15.8 Å². The minimum absolute atomic E-state index is 0.103. The van der Waals surface area contributed by atoms with Crippen LogP contribution >= 0.6 is 35.0 Å². The number of Topliss-reactive ketones (excluding diaryl/α,β-unsaturated/α-hetero) is 1. The summed E-state index contributed by atoms with van der Waals surface area (Å²) in [6.45, 7) is 0. The first kappa shape index (κ1) is 13.5. The molecule has 1 heterocycles. The third-order valence-electron chi connectivity index (χ3n) is 2.41. The summed E-state index contributed by atoms with van der Waals surface area (Å²) in [6, 6.07) is 7.18. The molecule has 0 N–H and O–H groups in total. The van der Waals surface area contributed by atoms with Crippen LogP contribution in [0.1, 0.15) is 10.4 Å².